The van der Waals surface area contributed by atoms with Gasteiger partial charge in [0.05, 0.1) is 0 Å². The van der Waals surface area contributed by atoms with E-state index in [0.29, 0.717) is 0 Å². The number of carbonyl (C=O) groups is 2. The van der Waals surface area contributed by atoms with Crippen molar-refractivity contribution in [2.24, 2.45) is 0 Å². The van der Waals surface area contributed by atoms with Crippen LogP contribution in [0.15, 0.2) is 28.8 Å². The van der Waals surface area contributed by atoms with E-state index < -0.39 is 17.5 Å². The molecule has 2 N–H and O–H groups in total. The fourth-order valence-corrected chi connectivity index (χ4v) is 1.94. The van der Waals surface area contributed by atoms with Crippen LogP contribution in [0.25, 0.3) is 11.3 Å². The van der Waals surface area contributed by atoms with E-state index in [-0.39, 0.29) is 41.9 Å². The highest BCUT2D eigenvalue weighted by molar-refractivity contribution is 5.93. The zero-order valence-electron chi connectivity index (χ0n) is 13.2. The minimum atomic E-state index is -1.02. The molecule has 0 unspecified atom stereocenters. The summed E-state index contributed by atoms with van der Waals surface area (Å²) in [6, 6.07) is 4.57. The maximum absolute atomic E-state index is 13.2. The fraction of sp³-hybridized carbons (Fsp3) is 0.312. The van der Waals surface area contributed by atoms with E-state index in [1.807, 2.05) is 13.8 Å². The molecular formula is C16H17F2N3O3. The third kappa shape index (κ3) is 4.61. The van der Waals surface area contributed by atoms with Crippen molar-refractivity contribution in [1.82, 2.24) is 15.8 Å². The predicted octanol–water partition coefficient (Wildman–Crippen LogP) is 2.26. The first-order valence-corrected chi connectivity index (χ1v) is 7.36. The quantitative estimate of drug-likeness (QED) is 0.847. The lowest BCUT2D eigenvalue weighted by Gasteiger charge is -2.08. The van der Waals surface area contributed by atoms with Crippen molar-refractivity contribution in [3.05, 3.63) is 41.6 Å². The van der Waals surface area contributed by atoms with Gasteiger partial charge in [-0.25, -0.2) is 8.78 Å². The molecule has 2 rings (SSSR count). The summed E-state index contributed by atoms with van der Waals surface area (Å²) in [6.07, 6.45) is 0.137. The Morgan fingerprint density at radius 2 is 1.96 bits per heavy atom. The SMILES string of the molecule is CC(C)NC(=O)CCNC(=O)c1cc(-c2ccc(F)c(F)c2)on1. The van der Waals surface area contributed by atoms with Gasteiger partial charge < -0.3 is 15.2 Å². The Hall–Kier alpha value is -2.77. The summed E-state index contributed by atoms with van der Waals surface area (Å²) in [5.41, 5.74) is 0.246. The number of hydrogen-bond acceptors (Lipinski definition) is 4. The molecule has 6 nitrogen and oxygen atoms in total. The highest BCUT2D eigenvalue weighted by atomic mass is 19.2. The number of halogens is 2. The van der Waals surface area contributed by atoms with Crippen molar-refractivity contribution < 1.29 is 22.9 Å². The van der Waals surface area contributed by atoms with Gasteiger partial charge in [0.2, 0.25) is 5.91 Å². The van der Waals surface area contributed by atoms with Gasteiger partial charge >= 0.3 is 0 Å². The number of rotatable bonds is 6. The van der Waals surface area contributed by atoms with E-state index in [1.165, 1.54) is 12.1 Å². The minimum absolute atomic E-state index is 0.0148. The number of aromatic nitrogens is 1. The molecule has 1 heterocycles. The zero-order chi connectivity index (χ0) is 17.7. The van der Waals surface area contributed by atoms with Crippen molar-refractivity contribution in [2.45, 2.75) is 26.3 Å². The lowest BCUT2D eigenvalue weighted by Crippen LogP contribution is -2.34. The summed E-state index contributed by atoms with van der Waals surface area (Å²) in [6.45, 7) is 3.82. The molecule has 8 heteroatoms. The number of amides is 2. The third-order valence-corrected chi connectivity index (χ3v) is 3.03. The minimum Gasteiger partial charge on any atom is -0.355 e. The van der Waals surface area contributed by atoms with E-state index in [9.17, 15) is 18.4 Å². The average Bonchev–Trinajstić information content (AvgIpc) is 2.99. The van der Waals surface area contributed by atoms with Crippen LogP contribution >= 0.6 is 0 Å². The van der Waals surface area contributed by atoms with Crippen LogP contribution in [0.4, 0.5) is 8.78 Å². The van der Waals surface area contributed by atoms with Crippen LogP contribution in [0, 0.1) is 11.6 Å². The van der Waals surface area contributed by atoms with Gasteiger partial charge in [-0.3, -0.25) is 9.59 Å². The van der Waals surface area contributed by atoms with Crippen molar-refractivity contribution >= 4 is 11.8 Å². The van der Waals surface area contributed by atoms with Gasteiger partial charge in [0.25, 0.3) is 5.91 Å². The summed E-state index contributed by atoms with van der Waals surface area (Å²) in [5.74, 6) is -2.56. The van der Waals surface area contributed by atoms with Crippen LogP contribution in [0.2, 0.25) is 0 Å². The smallest absolute Gasteiger partial charge is 0.273 e. The zero-order valence-corrected chi connectivity index (χ0v) is 13.2. The topological polar surface area (TPSA) is 84.2 Å². The summed E-state index contributed by atoms with van der Waals surface area (Å²) >= 11 is 0. The van der Waals surface area contributed by atoms with Crippen molar-refractivity contribution in [3.8, 4) is 11.3 Å². The molecule has 2 aromatic rings. The van der Waals surface area contributed by atoms with Crippen LogP contribution in [-0.4, -0.2) is 29.6 Å². The summed E-state index contributed by atoms with van der Waals surface area (Å²) < 4.78 is 31.1. The Labute approximate surface area is 137 Å². The Morgan fingerprint density at radius 3 is 2.62 bits per heavy atom. The van der Waals surface area contributed by atoms with E-state index in [0.717, 1.165) is 12.1 Å². The van der Waals surface area contributed by atoms with Crippen LogP contribution in [0.1, 0.15) is 30.8 Å². The maximum Gasteiger partial charge on any atom is 0.273 e. The monoisotopic (exact) mass is 337 g/mol. The summed E-state index contributed by atoms with van der Waals surface area (Å²) in [5, 5.41) is 8.82. The van der Waals surface area contributed by atoms with Gasteiger partial charge in [0.15, 0.2) is 23.1 Å². The fourth-order valence-electron chi connectivity index (χ4n) is 1.94. The van der Waals surface area contributed by atoms with Crippen molar-refractivity contribution in [1.29, 1.82) is 0 Å². The molecule has 0 aliphatic heterocycles. The molecule has 24 heavy (non-hydrogen) atoms. The van der Waals surface area contributed by atoms with Gasteiger partial charge in [0, 0.05) is 30.6 Å². The highest BCUT2D eigenvalue weighted by Crippen LogP contribution is 2.22. The second-order valence-corrected chi connectivity index (χ2v) is 5.43. The van der Waals surface area contributed by atoms with Gasteiger partial charge in [-0.2, -0.15) is 0 Å². The van der Waals surface area contributed by atoms with E-state index in [1.54, 1.807) is 0 Å². The van der Waals surface area contributed by atoms with E-state index in [2.05, 4.69) is 15.8 Å². The summed E-state index contributed by atoms with van der Waals surface area (Å²) in [7, 11) is 0. The second kappa shape index (κ2) is 7.67. The first-order valence-electron chi connectivity index (χ1n) is 7.36. The van der Waals surface area contributed by atoms with Gasteiger partial charge in [-0.1, -0.05) is 5.16 Å². The van der Waals surface area contributed by atoms with Crippen LogP contribution in [0.5, 0.6) is 0 Å². The first-order chi connectivity index (χ1) is 11.4. The van der Waals surface area contributed by atoms with Gasteiger partial charge in [-0.15, -0.1) is 0 Å². The molecule has 0 aliphatic carbocycles. The van der Waals surface area contributed by atoms with Gasteiger partial charge in [0.1, 0.15) is 0 Å². The maximum atomic E-state index is 13.2. The molecule has 1 aromatic carbocycles. The lowest BCUT2D eigenvalue weighted by atomic mass is 10.1. The Balaban J connectivity index is 1.93. The molecule has 2 amide bonds. The average molecular weight is 337 g/mol. The predicted molar refractivity (Wildman–Crippen MR) is 82.1 cm³/mol. The van der Waals surface area contributed by atoms with Crippen LogP contribution in [0.3, 0.4) is 0 Å². The van der Waals surface area contributed by atoms with Gasteiger partial charge in [-0.05, 0) is 32.0 Å². The standard InChI is InChI=1S/C16H17F2N3O3/c1-9(2)20-15(22)5-6-19-16(23)13-8-14(24-21-13)10-3-4-11(17)12(18)7-10/h3-4,7-9H,5-6H2,1-2H3,(H,19,23)(H,20,22). The number of nitrogens with one attached hydrogen (secondary N) is 2. The molecule has 0 atom stereocenters. The van der Waals surface area contributed by atoms with Crippen LogP contribution in [-0.2, 0) is 4.79 Å². The lowest BCUT2D eigenvalue weighted by molar-refractivity contribution is -0.121. The number of hydrogen-bond donors (Lipinski definition) is 2. The van der Waals surface area contributed by atoms with Crippen molar-refractivity contribution in [3.63, 3.8) is 0 Å². The Morgan fingerprint density at radius 1 is 1.21 bits per heavy atom. The van der Waals surface area contributed by atoms with E-state index >= 15 is 0 Å². The Kier molecular flexibility index (Phi) is 5.62. The van der Waals surface area contributed by atoms with E-state index in [4.69, 9.17) is 4.52 Å². The number of nitrogens with zero attached hydrogens (tertiary/aromatic N) is 1. The molecule has 1 aromatic heterocycles. The molecule has 128 valence electrons. The molecule has 0 saturated heterocycles. The second-order valence-electron chi connectivity index (χ2n) is 5.43. The number of benzene rings is 1. The largest absolute Gasteiger partial charge is 0.355 e. The normalized spacial score (nSPS) is 10.7. The summed E-state index contributed by atoms with van der Waals surface area (Å²) in [4.78, 5) is 23.4. The molecule has 0 fully saturated rings. The van der Waals surface area contributed by atoms with Crippen molar-refractivity contribution in [2.75, 3.05) is 6.54 Å². The molecule has 0 radical (unpaired) electrons. The number of carbonyl (C=O) groups excluding carboxylic acids is 2. The molecule has 0 saturated carbocycles. The highest BCUT2D eigenvalue weighted by Gasteiger charge is 2.15. The molecular weight excluding hydrogens is 320 g/mol. The Bertz CT molecular complexity index is 744. The molecule has 0 bridgehead atoms. The third-order valence-electron chi connectivity index (χ3n) is 3.03. The van der Waals surface area contributed by atoms with Crippen LogP contribution < -0.4 is 10.6 Å². The first kappa shape index (κ1) is 17.6. The molecule has 0 aliphatic rings. The molecule has 0 spiro atoms.